The van der Waals surface area contributed by atoms with E-state index in [4.69, 9.17) is 9.47 Å². The molecular formula is C29H26N4O7S. The average molecular weight is 575 g/mol. The molecule has 0 aromatic heterocycles. The number of hydrogen-bond acceptors (Lipinski definition) is 8. The lowest BCUT2D eigenvalue weighted by atomic mass is 10.2. The third-order valence-electron chi connectivity index (χ3n) is 5.79. The fourth-order valence-electron chi connectivity index (χ4n) is 3.74. The number of sulfonamides is 1. The number of nitro benzene ring substituents is 1. The van der Waals surface area contributed by atoms with Gasteiger partial charge in [0.05, 0.1) is 28.8 Å². The van der Waals surface area contributed by atoms with E-state index in [1.54, 1.807) is 36.4 Å². The minimum absolute atomic E-state index is 0.0451. The van der Waals surface area contributed by atoms with Crippen molar-refractivity contribution in [1.82, 2.24) is 5.43 Å². The lowest BCUT2D eigenvalue weighted by Gasteiger charge is -2.23. The summed E-state index contributed by atoms with van der Waals surface area (Å²) in [7, 11) is -2.67. The standard InChI is InChI=1S/C29H26N4O7S/c1-39-28-18-23(12-17-27(28)40-21-22-8-4-2-5-9-22)19-30-31-29(34)20-32(24-13-15-25(16-14-24)33(35)36)41(37,38)26-10-6-3-7-11-26/h2-19H,20-21H2,1H3,(H,31,34)/b30-19-. The Bertz CT molecular complexity index is 1630. The molecule has 0 spiro atoms. The number of ether oxygens (including phenoxy) is 2. The first-order valence-corrected chi connectivity index (χ1v) is 13.7. The lowest BCUT2D eigenvalue weighted by molar-refractivity contribution is -0.384. The van der Waals surface area contributed by atoms with Gasteiger partial charge in [-0.3, -0.25) is 19.2 Å². The van der Waals surface area contributed by atoms with Crippen LogP contribution in [-0.2, 0) is 21.4 Å². The summed E-state index contributed by atoms with van der Waals surface area (Å²) in [6.07, 6.45) is 1.38. The summed E-state index contributed by atoms with van der Waals surface area (Å²) in [6, 6.07) is 27.2. The minimum Gasteiger partial charge on any atom is -0.493 e. The van der Waals surface area contributed by atoms with Gasteiger partial charge in [0.2, 0.25) is 0 Å². The van der Waals surface area contributed by atoms with Gasteiger partial charge in [0, 0.05) is 12.1 Å². The molecule has 41 heavy (non-hydrogen) atoms. The Kier molecular flexibility index (Phi) is 9.28. The van der Waals surface area contributed by atoms with E-state index in [0.29, 0.717) is 23.7 Å². The highest BCUT2D eigenvalue weighted by Crippen LogP contribution is 2.29. The molecule has 11 nitrogen and oxygen atoms in total. The van der Waals surface area contributed by atoms with Gasteiger partial charge in [0.25, 0.3) is 21.6 Å². The van der Waals surface area contributed by atoms with Crippen LogP contribution in [0.1, 0.15) is 11.1 Å². The number of carbonyl (C=O) groups excluding carboxylic acids is 1. The maximum atomic E-state index is 13.4. The second-order valence-corrected chi connectivity index (χ2v) is 10.4. The Morgan fingerprint density at radius 1 is 0.951 bits per heavy atom. The van der Waals surface area contributed by atoms with Gasteiger partial charge in [0.15, 0.2) is 11.5 Å². The summed E-state index contributed by atoms with van der Waals surface area (Å²) in [6.45, 7) is -0.264. The van der Waals surface area contributed by atoms with Gasteiger partial charge < -0.3 is 9.47 Å². The molecule has 0 radical (unpaired) electrons. The molecular weight excluding hydrogens is 548 g/mol. The van der Waals surface area contributed by atoms with E-state index in [2.05, 4.69) is 10.5 Å². The van der Waals surface area contributed by atoms with Gasteiger partial charge >= 0.3 is 0 Å². The molecule has 210 valence electrons. The van der Waals surface area contributed by atoms with Crippen molar-refractivity contribution in [3.05, 3.63) is 124 Å². The highest BCUT2D eigenvalue weighted by molar-refractivity contribution is 7.92. The molecule has 0 bridgehead atoms. The predicted molar refractivity (Wildman–Crippen MR) is 154 cm³/mol. The maximum absolute atomic E-state index is 13.4. The summed E-state index contributed by atoms with van der Waals surface area (Å²) >= 11 is 0. The summed E-state index contributed by atoms with van der Waals surface area (Å²) in [5.74, 6) is 0.269. The number of methoxy groups -OCH3 is 1. The number of hydrogen-bond donors (Lipinski definition) is 1. The molecule has 0 heterocycles. The number of hydrazone groups is 1. The zero-order valence-corrected chi connectivity index (χ0v) is 22.7. The first kappa shape index (κ1) is 28.8. The molecule has 0 atom stereocenters. The van der Waals surface area contributed by atoms with Crippen molar-refractivity contribution in [3.8, 4) is 11.5 Å². The fourth-order valence-corrected chi connectivity index (χ4v) is 5.18. The van der Waals surface area contributed by atoms with Crippen molar-refractivity contribution in [1.29, 1.82) is 0 Å². The van der Waals surface area contributed by atoms with Gasteiger partial charge in [-0.15, -0.1) is 0 Å². The number of nitro groups is 1. The Morgan fingerprint density at radius 2 is 1.61 bits per heavy atom. The summed E-state index contributed by atoms with van der Waals surface area (Å²) in [4.78, 5) is 23.2. The summed E-state index contributed by atoms with van der Waals surface area (Å²) in [5.41, 5.74) is 3.79. The molecule has 0 aliphatic heterocycles. The van der Waals surface area contributed by atoms with E-state index in [1.165, 1.54) is 49.7 Å². The summed E-state index contributed by atoms with van der Waals surface area (Å²) in [5, 5.41) is 15.0. The van der Waals surface area contributed by atoms with Crippen molar-refractivity contribution < 1.29 is 27.6 Å². The third-order valence-corrected chi connectivity index (χ3v) is 7.58. The predicted octanol–water partition coefficient (Wildman–Crippen LogP) is 4.53. The monoisotopic (exact) mass is 574 g/mol. The zero-order valence-electron chi connectivity index (χ0n) is 21.9. The normalized spacial score (nSPS) is 11.1. The van der Waals surface area contributed by atoms with Crippen LogP contribution in [0.3, 0.4) is 0 Å². The molecule has 0 unspecified atom stereocenters. The Hall–Kier alpha value is -5.23. The maximum Gasteiger partial charge on any atom is 0.269 e. The number of anilines is 1. The highest BCUT2D eigenvalue weighted by Gasteiger charge is 2.27. The van der Waals surface area contributed by atoms with Crippen molar-refractivity contribution in [3.63, 3.8) is 0 Å². The molecule has 1 N–H and O–H groups in total. The van der Waals surface area contributed by atoms with E-state index in [1.807, 2.05) is 30.3 Å². The molecule has 0 aliphatic carbocycles. The van der Waals surface area contributed by atoms with E-state index in [0.717, 1.165) is 9.87 Å². The van der Waals surface area contributed by atoms with E-state index in [9.17, 15) is 23.3 Å². The van der Waals surface area contributed by atoms with Crippen LogP contribution in [-0.4, -0.2) is 39.1 Å². The molecule has 12 heteroatoms. The molecule has 0 fully saturated rings. The van der Waals surface area contributed by atoms with Crippen LogP contribution in [0, 0.1) is 10.1 Å². The van der Waals surface area contributed by atoms with Gasteiger partial charge in [0.1, 0.15) is 13.2 Å². The topological polar surface area (TPSA) is 140 Å². The molecule has 4 rings (SSSR count). The molecule has 4 aromatic rings. The van der Waals surface area contributed by atoms with Crippen LogP contribution in [0.25, 0.3) is 0 Å². The molecule has 0 saturated heterocycles. The van der Waals surface area contributed by atoms with Gasteiger partial charge in [-0.2, -0.15) is 5.10 Å². The van der Waals surface area contributed by atoms with Gasteiger partial charge in [-0.1, -0.05) is 48.5 Å². The average Bonchev–Trinajstić information content (AvgIpc) is 3.00. The van der Waals surface area contributed by atoms with Crippen molar-refractivity contribution in [2.75, 3.05) is 18.0 Å². The SMILES string of the molecule is COc1cc(/C=N\NC(=O)CN(c2ccc([N+](=O)[O-])cc2)S(=O)(=O)c2ccccc2)ccc1OCc1ccccc1. The van der Waals surface area contributed by atoms with Gasteiger partial charge in [-0.25, -0.2) is 13.8 Å². The van der Waals surface area contributed by atoms with Crippen LogP contribution < -0.4 is 19.2 Å². The largest absolute Gasteiger partial charge is 0.493 e. The number of nitrogens with one attached hydrogen (secondary N) is 1. The summed E-state index contributed by atoms with van der Waals surface area (Å²) < 4.78 is 38.9. The number of carbonyl (C=O) groups is 1. The van der Waals surface area contributed by atoms with E-state index < -0.39 is 27.4 Å². The number of amides is 1. The first-order valence-electron chi connectivity index (χ1n) is 12.3. The van der Waals surface area contributed by atoms with Gasteiger partial charge in [-0.05, 0) is 53.6 Å². The van der Waals surface area contributed by atoms with Crippen LogP contribution >= 0.6 is 0 Å². The molecule has 0 saturated carbocycles. The quantitative estimate of drug-likeness (QED) is 0.149. The van der Waals surface area contributed by atoms with Crippen LogP contribution in [0.15, 0.2) is 113 Å². The van der Waals surface area contributed by atoms with Crippen molar-refractivity contribution >= 4 is 33.5 Å². The number of non-ortho nitro benzene ring substituents is 1. The lowest BCUT2D eigenvalue weighted by Crippen LogP contribution is -2.39. The number of benzene rings is 4. The van der Waals surface area contributed by atoms with E-state index in [-0.39, 0.29) is 16.3 Å². The Labute approximate surface area is 236 Å². The molecule has 4 aromatic carbocycles. The minimum atomic E-state index is -4.18. The van der Waals surface area contributed by atoms with Crippen molar-refractivity contribution in [2.45, 2.75) is 11.5 Å². The van der Waals surface area contributed by atoms with Crippen LogP contribution in [0.4, 0.5) is 11.4 Å². The smallest absolute Gasteiger partial charge is 0.269 e. The molecule has 1 amide bonds. The molecule has 0 aliphatic rings. The van der Waals surface area contributed by atoms with Crippen LogP contribution in [0.2, 0.25) is 0 Å². The van der Waals surface area contributed by atoms with Crippen LogP contribution in [0.5, 0.6) is 11.5 Å². The van der Waals surface area contributed by atoms with E-state index >= 15 is 0 Å². The Balaban J connectivity index is 1.47. The number of rotatable bonds is 12. The first-order chi connectivity index (χ1) is 19.8. The van der Waals surface area contributed by atoms with Crippen molar-refractivity contribution in [2.24, 2.45) is 5.10 Å². The highest BCUT2D eigenvalue weighted by atomic mass is 32.2. The second kappa shape index (κ2) is 13.2. The zero-order chi connectivity index (χ0) is 29.2. The fraction of sp³-hybridized carbons (Fsp3) is 0.103. The Morgan fingerprint density at radius 3 is 2.24 bits per heavy atom. The third kappa shape index (κ3) is 7.46. The second-order valence-electron chi connectivity index (χ2n) is 8.58. The number of nitrogens with zero attached hydrogens (tertiary/aromatic N) is 3.